The van der Waals surface area contributed by atoms with Crippen LogP contribution in [0.15, 0.2) is 132 Å². The van der Waals surface area contributed by atoms with E-state index in [1.807, 2.05) is 65.3 Å². The van der Waals surface area contributed by atoms with E-state index < -0.39 is 8.30 Å². The molecule has 1 aliphatic heterocycles. The van der Waals surface area contributed by atoms with Crippen LogP contribution in [0.4, 0.5) is 28.4 Å². The van der Waals surface area contributed by atoms with Gasteiger partial charge in [-0.2, -0.15) is 5.10 Å². The average molecular weight is 835 g/mol. The first-order valence-corrected chi connectivity index (χ1v) is 21.9. The second kappa shape index (κ2) is 19.6. The number of nitro benzene ring substituents is 1. The number of likely N-dealkylation sites (N-methyl/N-ethyl adjacent to an activating group) is 1. The fourth-order valence-corrected chi connectivity index (χ4v) is 9.04. The van der Waals surface area contributed by atoms with E-state index in [0.717, 1.165) is 84.1 Å². The molecule has 6 aromatic rings. The zero-order valence-electron chi connectivity index (χ0n) is 32.9. The van der Waals surface area contributed by atoms with E-state index in [2.05, 4.69) is 93.9 Å². The van der Waals surface area contributed by atoms with Gasteiger partial charge in [-0.05, 0) is 92.5 Å². The maximum atomic E-state index is 12.1. The molecule has 300 valence electrons. The number of nitro groups is 1. The minimum Gasteiger partial charge on any atom is -0.379 e. The summed E-state index contributed by atoms with van der Waals surface area (Å²) in [6.07, 6.45) is 2.16. The molecule has 0 radical (unpaired) electrons. The van der Waals surface area contributed by atoms with Gasteiger partial charge in [0.2, 0.25) is 0 Å². The van der Waals surface area contributed by atoms with Crippen LogP contribution in [0.5, 0.6) is 0 Å². The van der Waals surface area contributed by atoms with Crippen LogP contribution in [-0.2, 0) is 11.1 Å². The monoisotopic (exact) mass is 834 g/mol. The highest BCUT2D eigenvalue weighted by Crippen LogP contribution is 2.39. The van der Waals surface area contributed by atoms with Crippen molar-refractivity contribution in [2.45, 2.75) is 11.4 Å². The Morgan fingerprint density at radius 2 is 1.59 bits per heavy atom. The lowest BCUT2D eigenvalue weighted by molar-refractivity contribution is -0.383. The lowest BCUT2D eigenvalue weighted by atomic mass is 10.0. The first kappa shape index (κ1) is 41.1. The van der Waals surface area contributed by atoms with Gasteiger partial charge in [-0.15, -0.1) is 11.8 Å². The van der Waals surface area contributed by atoms with E-state index in [-0.39, 0.29) is 10.6 Å². The largest absolute Gasteiger partial charge is 0.379 e. The van der Waals surface area contributed by atoms with Crippen molar-refractivity contribution in [3.05, 3.63) is 143 Å². The molecule has 11 nitrogen and oxygen atoms in total. The first-order valence-electron chi connectivity index (χ1n) is 19.2. The maximum Gasteiger partial charge on any atom is 0.293 e. The molecule has 7 rings (SSSR count). The van der Waals surface area contributed by atoms with Crippen molar-refractivity contribution in [2.75, 3.05) is 86.4 Å². The Morgan fingerprint density at radius 3 is 2.28 bits per heavy atom. The molecule has 0 aliphatic carbocycles. The standard InChI is InChI=1S/C44H48ClN8O3PS/c1-49(2)23-28-52-32-41(44(47-52)33-12-14-35(45)15-13-33)34-8-7-9-38(30-34)51-26-24-50(25-27-51)37-18-16-36(17-19-37)48-57(56-3)39-20-21-42(43(31-39)53(54)55)46-22-29-58-40-10-5-4-6-11-40/h4-21,30-32,46,48H,22-29H2,1-3H3. The maximum absolute atomic E-state index is 12.1. The van der Waals surface area contributed by atoms with Crippen LogP contribution in [0.25, 0.3) is 22.4 Å². The average Bonchev–Trinajstić information content (AvgIpc) is 3.69. The zero-order chi connectivity index (χ0) is 40.4. The van der Waals surface area contributed by atoms with Crippen LogP contribution in [-0.4, -0.2) is 85.8 Å². The van der Waals surface area contributed by atoms with Gasteiger partial charge in [0.25, 0.3) is 5.69 Å². The van der Waals surface area contributed by atoms with Crippen LogP contribution in [0.2, 0.25) is 5.02 Å². The minimum absolute atomic E-state index is 0.0317. The molecule has 1 aromatic heterocycles. The Morgan fingerprint density at radius 1 is 0.862 bits per heavy atom. The predicted octanol–water partition coefficient (Wildman–Crippen LogP) is 9.57. The number of nitrogens with zero attached hydrogens (tertiary/aromatic N) is 6. The van der Waals surface area contributed by atoms with E-state index in [4.69, 9.17) is 21.2 Å². The highest BCUT2D eigenvalue weighted by molar-refractivity contribution is 7.99. The molecule has 1 saturated heterocycles. The molecular formula is C44H48ClN8O3PS. The Bertz CT molecular complexity index is 2270. The number of piperazine rings is 1. The summed E-state index contributed by atoms with van der Waals surface area (Å²) in [5.74, 6) is 0.785. The van der Waals surface area contributed by atoms with Crippen LogP contribution in [0.1, 0.15) is 0 Å². The van der Waals surface area contributed by atoms with Gasteiger partial charge < -0.3 is 29.6 Å². The lowest BCUT2D eigenvalue weighted by Crippen LogP contribution is -2.46. The Hall–Kier alpha value is -5.10. The smallest absolute Gasteiger partial charge is 0.293 e. The molecule has 1 fully saturated rings. The number of halogens is 1. The molecule has 0 bridgehead atoms. The molecule has 2 heterocycles. The van der Waals surface area contributed by atoms with Crippen LogP contribution in [0, 0.1) is 10.1 Å². The van der Waals surface area contributed by atoms with Crippen molar-refractivity contribution in [3.63, 3.8) is 0 Å². The minimum atomic E-state index is -1.34. The third kappa shape index (κ3) is 10.5. The number of rotatable bonds is 17. The third-order valence-corrected chi connectivity index (χ3v) is 12.8. The van der Waals surface area contributed by atoms with Crippen molar-refractivity contribution in [2.24, 2.45) is 0 Å². The van der Waals surface area contributed by atoms with Crippen molar-refractivity contribution < 1.29 is 9.45 Å². The van der Waals surface area contributed by atoms with Crippen molar-refractivity contribution in [1.29, 1.82) is 0 Å². The summed E-state index contributed by atoms with van der Waals surface area (Å²) in [7, 11) is 4.43. The number of aromatic nitrogens is 2. The lowest BCUT2D eigenvalue weighted by Gasteiger charge is -2.37. The Labute approximate surface area is 351 Å². The Balaban J connectivity index is 0.964. The van der Waals surface area contributed by atoms with Gasteiger partial charge in [-0.25, -0.2) is 0 Å². The molecule has 14 heteroatoms. The van der Waals surface area contributed by atoms with Crippen molar-refractivity contribution in [1.82, 2.24) is 14.7 Å². The number of hydrogen-bond acceptors (Lipinski definition) is 10. The highest BCUT2D eigenvalue weighted by atomic mass is 35.5. The van der Waals surface area contributed by atoms with Gasteiger partial charge in [-0.1, -0.05) is 54.1 Å². The predicted molar refractivity (Wildman–Crippen MR) is 243 cm³/mol. The SMILES string of the molecule is COP(Nc1ccc(N2CCN(c3cccc(-c4cn(CCN(C)C)nc4-c4ccc(Cl)cc4)c3)CC2)cc1)c1ccc(NCCSc2ccccc2)c([N+](=O)[O-])c1. The molecule has 0 saturated carbocycles. The number of anilines is 4. The second-order valence-corrected chi connectivity index (χ2v) is 17.5. The first-order chi connectivity index (χ1) is 28.2. The number of nitrogens with one attached hydrogen (secondary N) is 2. The number of benzene rings is 5. The van der Waals surface area contributed by atoms with E-state index in [1.165, 1.54) is 10.6 Å². The summed E-state index contributed by atoms with van der Waals surface area (Å²) in [6.45, 7) is 5.84. The van der Waals surface area contributed by atoms with Gasteiger partial charge >= 0.3 is 0 Å². The number of thioether (sulfide) groups is 1. The van der Waals surface area contributed by atoms with Gasteiger partial charge in [0.15, 0.2) is 8.30 Å². The molecule has 1 unspecified atom stereocenters. The van der Waals surface area contributed by atoms with E-state index in [0.29, 0.717) is 17.3 Å². The van der Waals surface area contributed by atoms with Crippen molar-refractivity contribution in [3.8, 4) is 22.4 Å². The summed E-state index contributed by atoms with van der Waals surface area (Å²) in [5, 5.41) is 25.2. The van der Waals surface area contributed by atoms with Gasteiger partial charge in [0.1, 0.15) is 11.4 Å². The summed E-state index contributed by atoms with van der Waals surface area (Å²) >= 11 is 7.94. The topological polar surface area (TPSA) is 104 Å². The molecule has 1 atom stereocenters. The van der Waals surface area contributed by atoms with Gasteiger partial charge in [0, 0.05) is 108 Å². The summed E-state index contributed by atoms with van der Waals surface area (Å²) in [5.41, 5.74) is 7.98. The molecule has 2 N–H and O–H groups in total. The van der Waals surface area contributed by atoms with Crippen molar-refractivity contribution >= 4 is 65.4 Å². The summed E-state index contributed by atoms with van der Waals surface area (Å²) < 4.78 is 7.87. The normalized spacial score (nSPS) is 13.5. The summed E-state index contributed by atoms with van der Waals surface area (Å²) in [6, 6.07) is 40.4. The highest BCUT2D eigenvalue weighted by Gasteiger charge is 2.22. The van der Waals surface area contributed by atoms with E-state index in [9.17, 15) is 10.1 Å². The quantitative estimate of drug-likeness (QED) is 0.0304. The second-order valence-electron chi connectivity index (χ2n) is 14.2. The zero-order valence-corrected chi connectivity index (χ0v) is 35.4. The molecule has 0 spiro atoms. The molecule has 1 aliphatic rings. The summed E-state index contributed by atoms with van der Waals surface area (Å²) in [4.78, 5) is 19.9. The fraction of sp³-hybridized carbons (Fsp3) is 0.250. The van der Waals surface area contributed by atoms with Gasteiger partial charge in [-0.3, -0.25) is 14.8 Å². The van der Waals surface area contributed by atoms with Crippen LogP contribution in [0.3, 0.4) is 0 Å². The molecule has 5 aromatic carbocycles. The number of hydrogen-bond donors (Lipinski definition) is 2. The van der Waals surface area contributed by atoms with Crippen LogP contribution < -0.4 is 25.5 Å². The molecular weight excluding hydrogens is 787 g/mol. The van der Waals surface area contributed by atoms with E-state index >= 15 is 0 Å². The third-order valence-electron chi connectivity index (χ3n) is 9.95. The van der Waals surface area contributed by atoms with Gasteiger partial charge in [0.05, 0.1) is 11.5 Å². The van der Waals surface area contributed by atoms with E-state index in [1.54, 1.807) is 31.0 Å². The molecule has 58 heavy (non-hydrogen) atoms. The molecule has 0 amide bonds. The van der Waals surface area contributed by atoms with Crippen LogP contribution >= 0.6 is 31.7 Å². The fourth-order valence-electron chi connectivity index (χ4n) is 6.86. The Kier molecular flexibility index (Phi) is 13.9.